The lowest BCUT2D eigenvalue weighted by Crippen LogP contribution is -2.35. The number of halogens is 1. The minimum absolute atomic E-state index is 0.120. The van der Waals surface area contributed by atoms with Gasteiger partial charge in [-0.15, -0.1) is 0 Å². The molecule has 2 N–H and O–H groups in total. The highest BCUT2D eigenvalue weighted by atomic mass is 35.5. The molecule has 5 nitrogen and oxygen atoms in total. The number of nitriles is 1. The van der Waals surface area contributed by atoms with Gasteiger partial charge in [-0.2, -0.15) is 5.26 Å². The fourth-order valence-corrected chi connectivity index (χ4v) is 2.34. The Bertz CT molecular complexity index is 518. The van der Waals surface area contributed by atoms with Crippen LogP contribution in [0.25, 0.3) is 0 Å². The predicted molar refractivity (Wildman–Crippen MR) is 78.7 cm³/mol. The standard InChI is InChI=1S/C14H17ClN4O/c15-12-3-2-11(9-16)13(8-12)18-14(20)10-19-6-1-4-17-5-7-19/h2-3,8,17H,1,4-7,10H2,(H,18,20). The second kappa shape index (κ2) is 7.25. The van der Waals surface area contributed by atoms with Gasteiger partial charge in [0.15, 0.2) is 0 Å². The van der Waals surface area contributed by atoms with E-state index in [1.807, 2.05) is 6.07 Å². The SMILES string of the molecule is N#Cc1ccc(Cl)cc1NC(=O)CN1CCCNCC1. The number of carbonyl (C=O) groups excluding carboxylic acids is 1. The van der Waals surface area contributed by atoms with Crippen molar-refractivity contribution in [2.24, 2.45) is 0 Å². The largest absolute Gasteiger partial charge is 0.324 e. The molecule has 0 bridgehead atoms. The van der Waals surface area contributed by atoms with E-state index in [4.69, 9.17) is 16.9 Å². The zero-order valence-electron chi connectivity index (χ0n) is 11.2. The number of amides is 1. The van der Waals surface area contributed by atoms with Gasteiger partial charge in [0.2, 0.25) is 5.91 Å². The number of anilines is 1. The highest BCUT2D eigenvalue weighted by Crippen LogP contribution is 2.20. The van der Waals surface area contributed by atoms with Gasteiger partial charge in [0.1, 0.15) is 6.07 Å². The van der Waals surface area contributed by atoms with E-state index in [1.165, 1.54) is 0 Å². The molecule has 20 heavy (non-hydrogen) atoms. The van der Waals surface area contributed by atoms with Gasteiger partial charge >= 0.3 is 0 Å². The second-order valence-corrected chi connectivity index (χ2v) is 5.17. The maximum absolute atomic E-state index is 12.0. The van der Waals surface area contributed by atoms with Crippen molar-refractivity contribution in [1.82, 2.24) is 10.2 Å². The maximum Gasteiger partial charge on any atom is 0.238 e. The number of benzene rings is 1. The van der Waals surface area contributed by atoms with Gasteiger partial charge in [-0.25, -0.2) is 0 Å². The maximum atomic E-state index is 12.0. The molecule has 0 aromatic heterocycles. The third kappa shape index (κ3) is 4.20. The van der Waals surface area contributed by atoms with E-state index >= 15 is 0 Å². The monoisotopic (exact) mass is 292 g/mol. The fraction of sp³-hybridized carbons (Fsp3) is 0.429. The van der Waals surface area contributed by atoms with E-state index in [1.54, 1.807) is 18.2 Å². The van der Waals surface area contributed by atoms with Gasteiger partial charge < -0.3 is 10.6 Å². The van der Waals surface area contributed by atoms with Crippen molar-refractivity contribution >= 4 is 23.2 Å². The minimum Gasteiger partial charge on any atom is -0.324 e. The summed E-state index contributed by atoms with van der Waals surface area (Å²) < 4.78 is 0. The first-order chi connectivity index (χ1) is 9.69. The van der Waals surface area contributed by atoms with Crippen molar-refractivity contribution in [3.63, 3.8) is 0 Å². The van der Waals surface area contributed by atoms with Crippen molar-refractivity contribution in [2.45, 2.75) is 6.42 Å². The molecule has 1 amide bonds. The molecular formula is C14H17ClN4O. The van der Waals surface area contributed by atoms with Gasteiger partial charge in [0, 0.05) is 18.1 Å². The Morgan fingerprint density at radius 1 is 1.45 bits per heavy atom. The normalized spacial score (nSPS) is 16.2. The lowest BCUT2D eigenvalue weighted by Gasteiger charge is -2.18. The highest BCUT2D eigenvalue weighted by molar-refractivity contribution is 6.31. The summed E-state index contributed by atoms with van der Waals surface area (Å²) in [6.45, 7) is 3.98. The quantitative estimate of drug-likeness (QED) is 0.885. The Morgan fingerprint density at radius 2 is 2.30 bits per heavy atom. The van der Waals surface area contributed by atoms with Crippen molar-refractivity contribution in [2.75, 3.05) is 38.0 Å². The van der Waals surface area contributed by atoms with Crippen LogP contribution in [-0.2, 0) is 4.79 Å². The highest BCUT2D eigenvalue weighted by Gasteiger charge is 2.14. The zero-order valence-corrected chi connectivity index (χ0v) is 11.9. The van der Waals surface area contributed by atoms with Crippen LogP contribution in [0.4, 0.5) is 5.69 Å². The Labute approximate surface area is 123 Å². The number of nitrogens with zero attached hydrogens (tertiary/aromatic N) is 2. The van der Waals surface area contributed by atoms with Crippen molar-refractivity contribution in [1.29, 1.82) is 5.26 Å². The van der Waals surface area contributed by atoms with Crippen LogP contribution in [0.3, 0.4) is 0 Å². The summed E-state index contributed by atoms with van der Waals surface area (Å²) in [6.07, 6.45) is 1.04. The van der Waals surface area contributed by atoms with Crippen LogP contribution in [0.15, 0.2) is 18.2 Å². The molecule has 0 radical (unpaired) electrons. The third-order valence-electron chi connectivity index (χ3n) is 3.18. The summed E-state index contributed by atoms with van der Waals surface area (Å²) in [5, 5.41) is 15.6. The van der Waals surface area contributed by atoms with E-state index in [9.17, 15) is 4.79 Å². The summed E-state index contributed by atoms with van der Waals surface area (Å²) in [5.74, 6) is -0.120. The molecule has 6 heteroatoms. The smallest absolute Gasteiger partial charge is 0.238 e. The van der Waals surface area contributed by atoms with Gasteiger partial charge in [-0.3, -0.25) is 9.69 Å². The van der Waals surface area contributed by atoms with Crippen LogP contribution < -0.4 is 10.6 Å². The molecule has 1 saturated heterocycles. The first-order valence-corrected chi connectivity index (χ1v) is 6.99. The number of nitrogens with one attached hydrogen (secondary N) is 2. The Morgan fingerprint density at radius 3 is 3.10 bits per heavy atom. The molecule has 1 aromatic carbocycles. The van der Waals surface area contributed by atoms with E-state index in [2.05, 4.69) is 15.5 Å². The number of carbonyl (C=O) groups is 1. The fourth-order valence-electron chi connectivity index (χ4n) is 2.17. The molecule has 1 fully saturated rings. The summed E-state index contributed by atoms with van der Waals surface area (Å²) in [4.78, 5) is 14.1. The lowest BCUT2D eigenvalue weighted by molar-refractivity contribution is -0.117. The second-order valence-electron chi connectivity index (χ2n) is 4.73. The topological polar surface area (TPSA) is 68.2 Å². The molecule has 0 spiro atoms. The molecule has 0 aliphatic carbocycles. The third-order valence-corrected chi connectivity index (χ3v) is 3.41. The van der Waals surface area contributed by atoms with E-state index < -0.39 is 0 Å². The van der Waals surface area contributed by atoms with Gasteiger partial charge in [-0.05, 0) is 37.7 Å². The van der Waals surface area contributed by atoms with Crippen LogP contribution in [0.2, 0.25) is 5.02 Å². The molecule has 1 aliphatic heterocycles. The Balaban J connectivity index is 1.97. The van der Waals surface area contributed by atoms with E-state index in [0.717, 1.165) is 32.6 Å². The van der Waals surface area contributed by atoms with Gasteiger partial charge in [-0.1, -0.05) is 11.6 Å². The van der Waals surface area contributed by atoms with Gasteiger partial charge in [0.05, 0.1) is 17.8 Å². The molecule has 2 rings (SSSR count). The number of rotatable bonds is 3. The van der Waals surface area contributed by atoms with E-state index in [0.29, 0.717) is 22.8 Å². The minimum atomic E-state index is -0.120. The van der Waals surface area contributed by atoms with Crippen LogP contribution in [0.1, 0.15) is 12.0 Å². The van der Waals surface area contributed by atoms with Crippen molar-refractivity contribution < 1.29 is 4.79 Å². The molecule has 0 atom stereocenters. The van der Waals surface area contributed by atoms with E-state index in [-0.39, 0.29) is 5.91 Å². The average Bonchev–Trinajstić information content (AvgIpc) is 2.67. The number of hydrogen-bond donors (Lipinski definition) is 2. The summed E-state index contributed by atoms with van der Waals surface area (Å²) >= 11 is 5.89. The molecular weight excluding hydrogens is 276 g/mol. The zero-order chi connectivity index (χ0) is 14.4. The number of hydrogen-bond acceptors (Lipinski definition) is 4. The van der Waals surface area contributed by atoms with Crippen LogP contribution in [-0.4, -0.2) is 43.5 Å². The van der Waals surface area contributed by atoms with Crippen LogP contribution in [0, 0.1) is 11.3 Å². The molecule has 1 aromatic rings. The van der Waals surface area contributed by atoms with Crippen molar-refractivity contribution in [3.05, 3.63) is 28.8 Å². The Hall–Kier alpha value is -1.61. The summed E-state index contributed by atoms with van der Waals surface area (Å²) in [6, 6.07) is 6.88. The summed E-state index contributed by atoms with van der Waals surface area (Å²) in [7, 11) is 0. The Kier molecular flexibility index (Phi) is 5.36. The van der Waals surface area contributed by atoms with Crippen LogP contribution in [0.5, 0.6) is 0 Å². The first-order valence-electron chi connectivity index (χ1n) is 6.61. The van der Waals surface area contributed by atoms with Crippen LogP contribution >= 0.6 is 11.6 Å². The van der Waals surface area contributed by atoms with Gasteiger partial charge in [0.25, 0.3) is 0 Å². The average molecular weight is 293 g/mol. The summed E-state index contributed by atoms with van der Waals surface area (Å²) in [5.41, 5.74) is 0.887. The molecule has 1 heterocycles. The lowest BCUT2D eigenvalue weighted by atomic mass is 10.2. The first kappa shape index (κ1) is 14.8. The van der Waals surface area contributed by atoms with Crippen molar-refractivity contribution in [3.8, 4) is 6.07 Å². The predicted octanol–water partition coefficient (Wildman–Crippen LogP) is 1.45. The molecule has 1 aliphatic rings. The molecule has 0 unspecified atom stereocenters. The molecule has 0 saturated carbocycles. The molecule has 106 valence electrons.